The highest BCUT2D eigenvalue weighted by Crippen LogP contribution is 2.31. The second-order valence-corrected chi connectivity index (χ2v) is 5.66. The quantitative estimate of drug-likeness (QED) is 0.547. The average molecular weight is 304 g/mol. The molecule has 0 saturated carbocycles. The average Bonchev–Trinajstić information content (AvgIpc) is 2.56. The zero-order valence-corrected chi connectivity index (χ0v) is 12.3. The molecule has 0 spiro atoms. The summed E-state index contributed by atoms with van der Waals surface area (Å²) in [5.74, 6) is 0.299. The van der Waals surface area contributed by atoms with Crippen LogP contribution in [0.25, 0.3) is 0 Å². The summed E-state index contributed by atoms with van der Waals surface area (Å²) in [6, 6.07) is 0. The van der Waals surface area contributed by atoms with Crippen molar-refractivity contribution >= 4 is 5.91 Å². The second-order valence-electron chi connectivity index (χ2n) is 5.66. The van der Waals surface area contributed by atoms with Crippen LogP contribution in [0.5, 0.6) is 0 Å². The first-order chi connectivity index (χ1) is 10.7. The number of hydrogen-bond donors (Lipinski definition) is 3. The summed E-state index contributed by atoms with van der Waals surface area (Å²) < 4.78 is 5.65. The molecule has 6 heteroatoms. The molecule has 1 atom stereocenters. The van der Waals surface area contributed by atoms with Crippen LogP contribution in [0, 0.1) is 5.92 Å². The number of ether oxygens (including phenoxy) is 1. The Balaban J connectivity index is 1.79. The number of rotatable bonds is 3. The van der Waals surface area contributed by atoms with Crippen molar-refractivity contribution in [1.29, 1.82) is 0 Å². The van der Waals surface area contributed by atoms with E-state index < -0.39 is 11.8 Å². The zero-order valence-electron chi connectivity index (χ0n) is 12.3. The highest BCUT2D eigenvalue weighted by Gasteiger charge is 2.29. The Bertz CT molecular complexity index is 589. The molecule has 118 valence electrons. The third kappa shape index (κ3) is 2.87. The van der Waals surface area contributed by atoms with Crippen LogP contribution in [0.1, 0.15) is 19.3 Å². The van der Waals surface area contributed by atoms with E-state index in [1.54, 1.807) is 23.7 Å². The molecule has 0 fully saturated rings. The van der Waals surface area contributed by atoms with Crippen LogP contribution in [-0.2, 0) is 9.53 Å². The minimum absolute atomic E-state index is 0.343. The lowest BCUT2D eigenvalue weighted by atomic mass is 9.94. The lowest BCUT2D eigenvalue weighted by Crippen LogP contribution is -2.38. The molecular formula is C16H20N2O4. The lowest BCUT2D eigenvalue weighted by Gasteiger charge is -2.36. The minimum Gasteiger partial charge on any atom is -0.508 e. The van der Waals surface area contributed by atoms with Crippen LogP contribution in [-0.4, -0.2) is 40.8 Å². The topological polar surface area (TPSA) is 82.0 Å². The van der Waals surface area contributed by atoms with Crippen molar-refractivity contribution in [1.82, 2.24) is 10.4 Å². The standard InChI is InChI=1S/C16H20N2O4/c19-14-4-2-1-3-12(14)10-18-7-8-22-15-6-5-11(9-13(15)18)16(20)17-21/h2,4-6,11,19,21H,1,3,7-10H2,(H,17,20). The van der Waals surface area contributed by atoms with Gasteiger partial charge in [-0.3, -0.25) is 10.0 Å². The van der Waals surface area contributed by atoms with Gasteiger partial charge < -0.3 is 14.7 Å². The van der Waals surface area contributed by atoms with Crippen LogP contribution in [0.15, 0.2) is 47.1 Å². The Morgan fingerprint density at radius 1 is 1.45 bits per heavy atom. The van der Waals surface area contributed by atoms with Gasteiger partial charge in [0.2, 0.25) is 0 Å². The van der Waals surface area contributed by atoms with Crippen molar-refractivity contribution in [2.24, 2.45) is 5.92 Å². The molecule has 1 aliphatic heterocycles. The normalized spacial score (nSPS) is 24.2. The van der Waals surface area contributed by atoms with E-state index in [4.69, 9.17) is 9.94 Å². The van der Waals surface area contributed by atoms with Gasteiger partial charge in [0.1, 0.15) is 18.1 Å². The van der Waals surface area contributed by atoms with Gasteiger partial charge in [-0.2, -0.15) is 0 Å². The van der Waals surface area contributed by atoms with E-state index in [9.17, 15) is 9.90 Å². The Kier molecular flexibility index (Phi) is 4.20. The molecule has 3 rings (SSSR count). The molecule has 3 aliphatic rings. The SMILES string of the molecule is O=C(NO)C1C=CC2=C(C1)N(CC1=C(O)C=CCC1)CCO2. The van der Waals surface area contributed by atoms with Gasteiger partial charge in [-0.05, 0) is 30.6 Å². The molecule has 0 aromatic heterocycles. The monoisotopic (exact) mass is 304 g/mol. The first-order valence-corrected chi connectivity index (χ1v) is 7.49. The number of carbonyl (C=O) groups excluding carboxylic acids is 1. The Hall–Kier alpha value is -2.21. The van der Waals surface area contributed by atoms with Crippen LogP contribution in [0.2, 0.25) is 0 Å². The van der Waals surface area contributed by atoms with Gasteiger partial charge in [-0.15, -0.1) is 0 Å². The maximum atomic E-state index is 11.6. The molecule has 1 unspecified atom stereocenters. The van der Waals surface area contributed by atoms with E-state index in [1.165, 1.54) is 0 Å². The van der Waals surface area contributed by atoms with Gasteiger partial charge in [-0.1, -0.05) is 12.2 Å². The van der Waals surface area contributed by atoms with E-state index in [0.717, 1.165) is 36.4 Å². The van der Waals surface area contributed by atoms with Crippen molar-refractivity contribution in [3.8, 4) is 0 Å². The fraction of sp³-hybridized carbons (Fsp3) is 0.438. The first kappa shape index (κ1) is 14.7. The second kappa shape index (κ2) is 6.27. The third-order valence-corrected chi connectivity index (χ3v) is 4.26. The third-order valence-electron chi connectivity index (χ3n) is 4.26. The lowest BCUT2D eigenvalue weighted by molar-refractivity contribution is -0.132. The van der Waals surface area contributed by atoms with Gasteiger partial charge in [0.25, 0.3) is 5.91 Å². The van der Waals surface area contributed by atoms with Gasteiger partial charge in [0, 0.05) is 13.0 Å². The van der Waals surface area contributed by atoms with E-state index in [2.05, 4.69) is 4.90 Å². The summed E-state index contributed by atoms with van der Waals surface area (Å²) in [5.41, 5.74) is 3.67. The maximum Gasteiger partial charge on any atom is 0.250 e. The molecule has 0 saturated heterocycles. The van der Waals surface area contributed by atoms with E-state index >= 15 is 0 Å². The number of nitrogens with one attached hydrogen (secondary N) is 1. The molecule has 1 amide bonds. The molecule has 0 bridgehead atoms. The van der Waals surface area contributed by atoms with Crippen LogP contribution < -0.4 is 5.48 Å². The molecule has 22 heavy (non-hydrogen) atoms. The van der Waals surface area contributed by atoms with Crippen molar-refractivity contribution in [2.45, 2.75) is 19.3 Å². The maximum absolute atomic E-state index is 11.6. The van der Waals surface area contributed by atoms with E-state index in [1.807, 2.05) is 6.08 Å². The van der Waals surface area contributed by atoms with Crippen molar-refractivity contribution < 1.29 is 19.8 Å². The molecule has 6 nitrogen and oxygen atoms in total. The number of amides is 1. The highest BCUT2D eigenvalue weighted by atomic mass is 16.5. The highest BCUT2D eigenvalue weighted by molar-refractivity contribution is 5.80. The predicted octanol–water partition coefficient (Wildman–Crippen LogP) is 1.77. The molecule has 3 N–H and O–H groups in total. The van der Waals surface area contributed by atoms with Crippen LogP contribution >= 0.6 is 0 Å². The fourth-order valence-electron chi connectivity index (χ4n) is 3.02. The Morgan fingerprint density at radius 3 is 3.09 bits per heavy atom. The number of nitrogens with zero attached hydrogens (tertiary/aromatic N) is 1. The van der Waals surface area contributed by atoms with Crippen molar-refractivity contribution in [2.75, 3.05) is 19.7 Å². The Morgan fingerprint density at radius 2 is 2.32 bits per heavy atom. The summed E-state index contributed by atoms with van der Waals surface area (Å²) in [6.45, 7) is 1.95. The molecule has 0 aromatic rings. The summed E-state index contributed by atoms with van der Waals surface area (Å²) >= 11 is 0. The van der Waals surface area contributed by atoms with Crippen molar-refractivity contribution in [3.63, 3.8) is 0 Å². The molecule has 1 heterocycles. The Labute approximate surface area is 129 Å². The van der Waals surface area contributed by atoms with Crippen molar-refractivity contribution in [3.05, 3.63) is 47.1 Å². The number of aliphatic hydroxyl groups excluding tert-OH is 1. The minimum atomic E-state index is -0.420. The molecule has 0 aromatic carbocycles. The van der Waals surface area contributed by atoms with Gasteiger partial charge >= 0.3 is 0 Å². The number of hydrogen-bond acceptors (Lipinski definition) is 5. The molecule has 0 radical (unpaired) electrons. The zero-order chi connectivity index (χ0) is 15.5. The number of hydroxylamine groups is 1. The van der Waals surface area contributed by atoms with Gasteiger partial charge in [0.15, 0.2) is 0 Å². The summed E-state index contributed by atoms with van der Waals surface area (Å²) in [5, 5.41) is 18.8. The summed E-state index contributed by atoms with van der Waals surface area (Å²) in [4.78, 5) is 13.8. The number of aliphatic hydroxyl groups is 1. The van der Waals surface area contributed by atoms with Crippen LogP contribution in [0.4, 0.5) is 0 Å². The van der Waals surface area contributed by atoms with Crippen LogP contribution in [0.3, 0.4) is 0 Å². The molecular weight excluding hydrogens is 284 g/mol. The first-order valence-electron chi connectivity index (χ1n) is 7.49. The van der Waals surface area contributed by atoms with E-state index in [-0.39, 0.29) is 0 Å². The smallest absolute Gasteiger partial charge is 0.250 e. The fourth-order valence-corrected chi connectivity index (χ4v) is 3.02. The molecule has 2 aliphatic carbocycles. The van der Waals surface area contributed by atoms with E-state index in [0.29, 0.717) is 25.3 Å². The summed E-state index contributed by atoms with van der Waals surface area (Å²) in [6.07, 6.45) is 9.52. The number of carbonyl (C=O) groups is 1. The van der Waals surface area contributed by atoms with Gasteiger partial charge in [-0.25, -0.2) is 5.48 Å². The largest absolute Gasteiger partial charge is 0.508 e. The van der Waals surface area contributed by atoms with Gasteiger partial charge in [0.05, 0.1) is 18.2 Å². The number of allylic oxidation sites excluding steroid dienone is 4. The predicted molar refractivity (Wildman–Crippen MR) is 79.8 cm³/mol. The summed E-state index contributed by atoms with van der Waals surface area (Å²) in [7, 11) is 0.